The summed E-state index contributed by atoms with van der Waals surface area (Å²) in [7, 11) is 0. The summed E-state index contributed by atoms with van der Waals surface area (Å²) in [5.41, 5.74) is 5.76. The molecule has 0 aliphatic heterocycles. The van der Waals surface area contributed by atoms with Crippen molar-refractivity contribution in [3.8, 4) is 11.5 Å². The Morgan fingerprint density at radius 3 is 2.27 bits per heavy atom. The van der Waals surface area contributed by atoms with Crippen molar-refractivity contribution in [2.45, 2.75) is 34.1 Å². The molecule has 2 aromatic carbocycles. The fourth-order valence-electron chi connectivity index (χ4n) is 2.56. The van der Waals surface area contributed by atoms with Gasteiger partial charge in [0, 0.05) is 10.0 Å². The lowest BCUT2D eigenvalue weighted by Gasteiger charge is -2.15. The Morgan fingerprint density at radius 2 is 1.64 bits per heavy atom. The van der Waals surface area contributed by atoms with Gasteiger partial charge in [0.05, 0.1) is 18.8 Å². The molecular formula is C24H30BrN3O4S. The van der Waals surface area contributed by atoms with E-state index in [1.807, 2.05) is 13.8 Å². The van der Waals surface area contributed by atoms with E-state index in [-0.39, 0.29) is 5.11 Å². The Morgan fingerprint density at radius 1 is 0.939 bits per heavy atom. The van der Waals surface area contributed by atoms with Crippen LogP contribution in [-0.2, 0) is 0 Å². The normalized spacial score (nSPS) is 10.6. The lowest BCUT2D eigenvalue weighted by atomic mass is 10.1. The minimum absolute atomic E-state index is 0.0447. The van der Waals surface area contributed by atoms with E-state index < -0.39 is 11.8 Å². The molecule has 3 N–H and O–H groups in total. The predicted octanol–water partition coefficient (Wildman–Crippen LogP) is 4.86. The minimum atomic E-state index is -0.454. The Hall–Kier alpha value is -2.65. The number of carbonyl (C=O) groups is 2. The summed E-state index contributed by atoms with van der Waals surface area (Å²) in [6.45, 7) is 9.41. The van der Waals surface area contributed by atoms with E-state index in [1.54, 1.807) is 42.5 Å². The van der Waals surface area contributed by atoms with Crippen molar-refractivity contribution < 1.29 is 19.1 Å². The van der Waals surface area contributed by atoms with E-state index in [4.69, 9.17) is 21.7 Å². The van der Waals surface area contributed by atoms with Gasteiger partial charge in [-0.15, -0.1) is 0 Å². The van der Waals surface area contributed by atoms with Gasteiger partial charge in [0.15, 0.2) is 5.11 Å². The van der Waals surface area contributed by atoms with Gasteiger partial charge in [0.1, 0.15) is 11.5 Å². The fraction of sp³-hybridized carbons (Fsp3) is 0.375. The molecule has 2 amide bonds. The Bertz CT molecular complexity index is 965. The second-order valence-electron chi connectivity index (χ2n) is 8.26. The highest BCUT2D eigenvalue weighted by molar-refractivity contribution is 9.10. The molecule has 0 aromatic heterocycles. The van der Waals surface area contributed by atoms with Crippen LogP contribution in [0, 0.1) is 11.8 Å². The van der Waals surface area contributed by atoms with Gasteiger partial charge in [-0.05, 0) is 72.9 Å². The van der Waals surface area contributed by atoms with Crippen LogP contribution < -0.4 is 25.6 Å². The zero-order valence-corrected chi connectivity index (χ0v) is 21.6. The van der Waals surface area contributed by atoms with Crippen molar-refractivity contribution in [1.82, 2.24) is 16.2 Å². The van der Waals surface area contributed by atoms with E-state index in [0.29, 0.717) is 47.7 Å². The van der Waals surface area contributed by atoms with Gasteiger partial charge in [-0.3, -0.25) is 25.8 Å². The second kappa shape index (κ2) is 13.2. The van der Waals surface area contributed by atoms with E-state index >= 15 is 0 Å². The number of rotatable bonds is 9. The van der Waals surface area contributed by atoms with E-state index in [2.05, 4.69) is 45.9 Å². The number of ether oxygens (including phenoxy) is 2. The summed E-state index contributed by atoms with van der Waals surface area (Å²) in [5.74, 6) is 1.17. The van der Waals surface area contributed by atoms with Crippen LogP contribution in [0.3, 0.4) is 0 Å². The third-order valence-electron chi connectivity index (χ3n) is 4.36. The first-order valence-corrected chi connectivity index (χ1v) is 11.9. The molecule has 7 nitrogen and oxygen atoms in total. The molecule has 0 aliphatic rings. The average Bonchev–Trinajstić information content (AvgIpc) is 2.76. The van der Waals surface area contributed by atoms with Crippen LogP contribution >= 0.6 is 28.1 Å². The summed E-state index contributed by atoms with van der Waals surface area (Å²) in [6.07, 6.45) is 0.959. The van der Waals surface area contributed by atoms with Gasteiger partial charge in [0.2, 0.25) is 0 Å². The van der Waals surface area contributed by atoms with Gasteiger partial charge in [-0.2, -0.15) is 0 Å². The van der Waals surface area contributed by atoms with Gasteiger partial charge < -0.3 is 9.47 Å². The summed E-state index contributed by atoms with van der Waals surface area (Å²) in [6, 6.07) is 12.0. The van der Waals surface area contributed by atoms with Gasteiger partial charge in [-0.25, -0.2) is 0 Å². The summed E-state index contributed by atoms with van der Waals surface area (Å²) < 4.78 is 12.1. The largest absolute Gasteiger partial charge is 0.494 e. The third kappa shape index (κ3) is 9.39. The smallest absolute Gasteiger partial charge is 0.269 e. The molecule has 9 heteroatoms. The first-order valence-electron chi connectivity index (χ1n) is 10.7. The number of thiocarbonyl (C=S) groups is 1. The van der Waals surface area contributed by atoms with Crippen LogP contribution in [0.5, 0.6) is 11.5 Å². The molecule has 0 spiro atoms. The average molecular weight is 536 g/mol. The van der Waals surface area contributed by atoms with E-state index in [1.165, 1.54) is 0 Å². The molecule has 178 valence electrons. The summed E-state index contributed by atoms with van der Waals surface area (Å²) >= 11 is 8.50. The van der Waals surface area contributed by atoms with Crippen molar-refractivity contribution in [2.24, 2.45) is 11.8 Å². The highest BCUT2D eigenvalue weighted by Gasteiger charge is 2.16. The first kappa shape index (κ1) is 26.6. The highest BCUT2D eigenvalue weighted by Crippen LogP contribution is 2.24. The molecule has 0 bridgehead atoms. The topological polar surface area (TPSA) is 88.7 Å². The number of halogens is 1. The number of amides is 2. The zero-order valence-electron chi connectivity index (χ0n) is 19.2. The number of benzene rings is 2. The van der Waals surface area contributed by atoms with Crippen molar-refractivity contribution in [3.05, 3.63) is 58.1 Å². The Balaban J connectivity index is 1.88. The van der Waals surface area contributed by atoms with Crippen LogP contribution in [0.2, 0.25) is 0 Å². The number of hydrazine groups is 1. The molecule has 0 fully saturated rings. The van der Waals surface area contributed by atoms with Crippen molar-refractivity contribution in [2.75, 3.05) is 13.2 Å². The second-order valence-corrected chi connectivity index (χ2v) is 9.59. The highest BCUT2D eigenvalue weighted by atomic mass is 79.9. The van der Waals surface area contributed by atoms with Crippen LogP contribution in [0.4, 0.5) is 0 Å². The maximum absolute atomic E-state index is 12.7. The minimum Gasteiger partial charge on any atom is -0.494 e. The molecule has 33 heavy (non-hydrogen) atoms. The molecule has 0 unspecified atom stereocenters. The number of nitrogens with one attached hydrogen (secondary N) is 3. The Labute approximate surface area is 208 Å². The van der Waals surface area contributed by atoms with E-state index in [0.717, 1.165) is 10.9 Å². The number of hydrogen-bond donors (Lipinski definition) is 3. The molecule has 0 atom stereocenters. The summed E-state index contributed by atoms with van der Waals surface area (Å²) in [4.78, 5) is 25.0. The van der Waals surface area contributed by atoms with Crippen LogP contribution in [0.1, 0.15) is 54.8 Å². The zero-order chi connectivity index (χ0) is 24.4. The lowest BCUT2D eigenvalue weighted by Crippen LogP contribution is -2.48. The summed E-state index contributed by atoms with van der Waals surface area (Å²) in [5, 5.41) is 2.50. The van der Waals surface area contributed by atoms with Gasteiger partial charge in [0.25, 0.3) is 11.8 Å². The van der Waals surface area contributed by atoms with E-state index in [9.17, 15) is 9.59 Å². The molecule has 2 rings (SSSR count). The quantitative estimate of drug-likeness (QED) is 0.314. The third-order valence-corrected chi connectivity index (χ3v) is 5.05. The lowest BCUT2D eigenvalue weighted by molar-refractivity contribution is 0.0933. The Kier molecular flexibility index (Phi) is 10.6. The number of carbonyl (C=O) groups excluding carboxylic acids is 2. The molecular weight excluding hydrogens is 506 g/mol. The van der Waals surface area contributed by atoms with Gasteiger partial charge in [-0.1, -0.05) is 43.6 Å². The molecule has 0 aliphatic carbocycles. The van der Waals surface area contributed by atoms with Crippen molar-refractivity contribution in [1.29, 1.82) is 0 Å². The van der Waals surface area contributed by atoms with Crippen LogP contribution in [0.15, 0.2) is 46.9 Å². The standard InChI is InChI=1S/C24H30BrN3O4S/c1-15(2)11-12-31-19-8-5-17(6-9-19)22(29)27-28-24(33)26-23(30)20-13-18(25)7-10-21(20)32-14-16(3)4/h5-10,13,15-16H,11-12,14H2,1-4H3,(H,27,29)(H2,26,28,30,33). The molecule has 2 aromatic rings. The van der Waals surface area contributed by atoms with Gasteiger partial charge >= 0.3 is 0 Å². The van der Waals surface area contributed by atoms with Crippen molar-refractivity contribution >= 4 is 45.1 Å². The monoisotopic (exact) mass is 535 g/mol. The molecule has 0 radical (unpaired) electrons. The molecule has 0 heterocycles. The maximum Gasteiger partial charge on any atom is 0.269 e. The SMILES string of the molecule is CC(C)CCOc1ccc(C(=O)NNC(=S)NC(=O)c2cc(Br)ccc2OCC(C)C)cc1. The number of hydrogen-bond acceptors (Lipinski definition) is 5. The fourth-order valence-corrected chi connectivity index (χ4v) is 3.07. The van der Waals surface area contributed by atoms with Crippen LogP contribution in [0.25, 0.3) is 0 Å². The van der Waals surface area contributed by atoms with Crippen LogP contribution in [-0.4, -0.2) is 30.1 Å². The van der Waals surface area contributed by atoms with Crippen molar-refractivity contribution in [3.63, 3.8) is 0 Å². The predicted molar refractivity (Wildman–Crippen MR) is 137 cm³/mol. The first-order chi connectivity index (χ1) is 15.7. The maximum atomic E-state index is 12.7. The molecule has 0 saturated carbocycles. The molecule has 0 saturated heterocycles.